The number of thiazole rings is 1. The molecule has 0 radical (unpaired) electrons. The summed E-state index contributed by atoms with van der Waals surface area (Å²) >= 11 is 1.18. The van der Waals surface area contributed by atoms with Crippen molar-refractivity contribution < 1.29 is 27.5 Å². The summed E-state index contributed by atoms with van der Waals surface area (Å²) in [6.45, 7) is 2.84. The van der Waals surface area contributed by atoms with Gasteiger partial charge in [0.1, 0.15) is 18.1 Å². The molecule has 11 heteroatoms. The fourth-order valence-electron chi connectivity index (χ4n) is 3.59. The number of sulfone groups is 1. The number of carbonyl (C=O) groups excluding carboxylic acids is 3. The van der Waals surface area contributed by atoms with Crippen LogP contribution in [0.3, 0.4) is 0 Å². The molecule has 0 atom stereocenters. The molecule has 32 heavy (non-hydrogen) atoms. The van der Waals surface area contributed by atoms with Gasteiger partial charge in [-0.2, -0.15) is 4.99 Å². The number of likely N-dealkylation sites (tertiary alicyclic amines) is 1. The van der Waals surface area contributed by atoms with Crippen molar-refractivity contribution in [2.45, 2.75) is 39.2 Å². The predicted octanol–water partition coefficient (Wildman–Crippen LogP) is 1.43. The van der Waals surface area contributed by atoms with Crippen molar-refractivity contribution in [3.05, 3.63) is 28.6 Å². The van der Waals surface area contributed by atoms with Crippen LogP contribution in [0.15, 0.2) is 23.2 Å². The summed E-state index contributed by atoms with van der Waals surface area (Å²) in [6, 6.07) is 5.57. The topological polar surface area (TPSA) is 115 Å². The Bertz CT molecular complexity index is 1190. The average molecular weight is 482 g/mol. The van der Waals surface area contributed by atoms with E-state index < -0.39 is 39.1 Å². The monoisotopic (exact) mass is 481 g/mol. The Labute approximate surface area is 190 Å². The zero-order valence-electron chi connectivity index (χ0n) is 18.2. The summed E-state index contributed by atoms with van der Waals surface area (Å²) < 4.78 is 32.0. The summed E-state index contributed by atoms with van der Waals surface area (Å²) in [4.78, 5) is 42.5. The maximum Gasteiger partial charge on any atom is 0.325 e. The lowest BCUT2D eigenvalue weighted by atomic mass is 10.2. The first-order valence-corrected chi connectivity index (χ1v) is 13.0. The molecule has 2 amide bonds. The molecular formula is C21H27N3O6S2. The molecular weight excluding hydrogens is 454 g/mol. The molecule has 2 aromatic rings. The molecule has 0 N–H and O–H groups in total. The van der Waals surface area contributed by atoms with E-state index in [1.54, 1.807) is 4.90 Å². The SMILES string of the molecule is COC(=O)Cn1c(=NC(=O)CS(=O)(=O)CC(=O)N2CCCCCC2)sc2cc(C)ccc21. The number of fused-ring (bicyclic) bond motifs is 1. The second kappa shape index (κ2) is 10.4. The molecule has 0 saturated carbocycles. The Morgan fingerprint density at radius 1 is 1.09 bits per heavy atom. The van der Waals surface area contributed by atoms with Crippen molar-refractivity contribution in [1.29, 1.82) is 0 Å². The lowest BCUT2D eigenvalue weighted by Gasteiger charge is -2.19. The zero-order chi connectivity index (χ0) is 23.3. The van der Waals surface area contributed by atoms with Crippen LogP contribution in [0.5, 0.6) is 0 Å². The van der Waals surface area contributed by atoms with Crippen LogP contribution in [0.1, 0.15) is 31.2 Å². The fraction of sp³-hybridized carbons (Fsp3) is 0.524. The maximum atomic E-state index is 12.5. The summed E-state index contributed by atoms with van der Waals surface area (Å²) in [5.74, 6) is -3.44. The van der Waals surface area contributed by atoms with Gasteiger partial charge in [0, 0.05) is 13.1 Å². The Morgan fingerprint density at radius 3 is 2.44 bits per heavy atom. The third kappa shape index (κ3) is 6.26. The highest BCUT2D eigenvalue weighted by molar-refractivity contribution is 7.92. The molecule has 0 aliphatic carbocycles. The summed E-state index contributed by atoms with van der Waals surface area (Å²) in [5, 5.41) is 0. The molecule has 1 saturated heterocycles. The highest BCUT2D eigenvalue weighted by Crippen LogP contribution is 2.19. The number of benzene rings is 1. The number of aromatic nitrogens is 1. The van der Waals surface area contributed by atoms with E-state index in [1.807, 2.05) is 25.1 Å². The first-order valence-electron chi connectivity index (χ1n) is 10.4. The molecule has 0 unspecified atom stereocenters. The number of hydrogen-bond acceptors (Lipinski definition) is 7. The first kappa shape index (κ1) is 24.1. The van der Waals surface area contributed by atoms with Crippen molar-refractivity contribution in [1.82, 2.24) is 9.47 Å². The number of carbonyl (C=O) groups is 3. The van der Waals surface area contributed by atoms with Crippen molar-refractivity contribution in [3.8, 4) is 0 Å². The molecule has 0 bridgehead atoms. The highest BCUT2D eigenvalue weighted by Gasteiger charge is 2.25. The number of nitrogens with zero attached hydrogens (tertiary/aromatic N) is 3. The van der Waals surface area contributed by atoms with Crippen LogP contribution in [-0.4, -0.2) is 67.4 Å². The van der Waals surface area contributed by atoms with Crippen LogP contribution in [-0.2, 0) is 35.5 Å². The van der Waals surface area contributed by atoms with Crippen molar-refractivity contribution in [3.63, 3.8) is 0 Å². The van der Waals surface area contributed by atoms with Gasteiger partial charge in [0.05, 0.1) is 17.3 Å². The number of rotatable bonds is 6. The Kier molecular flexibility index (Phi) is 7.83. The van der Waals surface area contributed by atoms with Crippen LogP contribution in [0, 0.1) is 6.92 Å². The number of esters is 1. The lowest BCUT2D eigenvalue weighted by Crippen LogP contribution is -2.37. The van der Waals surface area contributed by atoms with E-state index >= 15 is 0 Å². The van der Waals surface area contributed by atoms with Crippen molar-refractivity contribution in [2.24, 2.45) is 4.99 Å². The first-order chi connectivity index (χ1) is 15.2. The molecule has 1 aromatic heterocycles. The Hall–Kier alpha value is -2.53. The molecule has 9 nitrogen and oxygen atoms in total. The van der Waals surface area contributed by atoms with Gasteiger partial charge in [0.15, 0.2) is 14.6 Å². The minimum atomic E-state index is -3.97. The van der Waals surface area contributed by atoms with Gasteiger partial charge in [-0.3, -0.25) is 14.4 Å². The largest absolute Gasteiger partial charge is 0.468 e. The van der Waals surface area contributed by atoms with Gasteiger partial charge >= 0.3 is 5.97 Å². The van der Waals surface area contributed by atoms with Crippen LogP contribution < -0.4 is 4.80 Å². The molecule has 1 aromatic carbocycles. The number of hydrogen-bond donors (Lipinski definition) is 0. The van der Waals surface area contributed by atoms with Crippen LogP contribution in [0.25, 0.3) is 10.2 Å². The molecule has 2 heterocycles. The van der Waals surface area contributed by atoms with Crippen LogP contribution in [0.2, 0.25) is 0 Å². The van der Waals surface area contributed by atoms with E-state index in [9.17, 15) is 22.8 Å². The van der Waals surface area contributed by atoms with E-state index in [2.05, 4.69) is 4.99 Å². The standard InChI is InChI=1S/C21H27N3O6S2/c1-15-7-8-16-17(11-15)31-21(24(16)12-20(27)30-2)22-18(25)13-32(28,29)14-19(26)23-9-5-3-4-6-10-23/h7-8,11H,3-6,9-10,12-14H2,1-2H3. The molecule has 0 spiro atoms. The van der Waals surface area contributed by atoms with E-state index in [4.69, 9.17) is 4.74 Å². The number of aryl methyl sites for hydroxylation is 1. The minimum Gasteiger partial charge on any atom is -0.468 e. The molecule has 1 aliphatic rings. The maximum absolute atomic E-state index is 12.5. The van der Waals surface area contributed by atoms with E-state index in [0.717, 1.165) is 35.9 Å². The quantitative estimate of drug-likeness (QED) is 0.577. The van der Waals surface area contributed by atoms with Crippen LogP contribution >= 0.6 is 11.3 Å². The predicted molar refractivity (Wildman–Crippen MR) is 121 cm³/mol. The lowest BCUT2D eigenvalue weighted by molar-refractivity contribution is -0.141. The molecule has 1 fully saturated rings. The van der Waals surface area contributed by atoms with Gasteiger partial charge in [-0.15, -0.1) is 0 Å². The number of amides is 2. The van der Waals surface area contributed by atoms with Crippen LogP contribution in [0.4, 0.5) is 0 Å². The zero-order valence-corrected chi connectivity index (χ0v) is 19.8. The van der Waals surface area contributed by atoms with Crippen molar-refractivity contribution >= 4 is 49.2 Å². The van der Waals surface area contributed by atoms with Gasteiger partial charge < -0.3 is 14.2 Å². The minimum absolute atomic E-state index is 0.161. The van der Waals surface area contributed by atoms with Gasteiger partial charge in [-0.25, -0.2) is 8.42 Å². The third-order valence-corrected chi connectivity index (χ3v) is 7.63. The molecule has 3 rings (SSSR count). The van der Waals surface area contributed by atoms with Gasteiger partial charge in [0.2, 0.25) is 5.91 Å². The molecule has 1 aliphatic heterocycles. The second-order valence-electron chi connectivity index (χ2n) is 7.85. The number of ether oxygens (including phenoxy) is 1. The second-order valence-corrected chi connectivity index (χ2v) is 10.9. The highest BCUT2D eigenvalue weighted by atomic mass is 32.2. The molecule has 174 valence electrons. The van der Waals surface area contributed by atoms with Gasteiger partial charge in [-0.1, -0.05) is 30.2 Å². The Balaban J connectivity index is 1.81. The summed E-state index contributed by atoms with van der Waals surface area (Å²) in [7, 11) is -2.71. The summed E-state index contributed by atoms with van der Waals surface area (Å²) in [6.07, 6.45) is 3.75. The third-order valence-electron chi connectivity index (χ3n) is 5.22. The average Bonchev–Trinajstić information content (AvgIpc) is 2.89. The normalized spacial score (nSPS) is 15.6. The fourth-order valence-corrected chi connectivity index (χ4v) is 5.84. The smallest absolute Gasteiger partial charge is 0.325 e. The van der Waals surface area contributed by atoms with Crippen molar-refractivity contribution in [2.75, 3.05) is 31.7 Å². The Morgan fingerprint density at radius 2 is 1.78 bits per heavy atom. The summed E-state index contributed by atoms with van der Waals surface area (Å²) in [5.41, 5.74) is 1.69. The van der Waals surface area contributed by atoms with E-state index in [0.29, 0.717) is 18.6 Å². The van der Waals surface area contributed by atoms with E-state index in [-0.39, 0.29) is 11.3 Å². The van der Waals surface area contributed by atoms with Gasteiger partial charge in [-0.05, 0) is 37.5 Å². The van der Waals surface area contributed by atoms with E-state index in [1.165, 1.54) is 23.0 Å². The van der Waals surface area contributed by atoms with Gasteiger partial charge in [0.25, 0.3) is 5.91 Å². The number of methoxy groups -OCH3 is 1.